The molecule has 0 fully saturated rings. The van der Waals surface area contributed by atoms with Crippen molar-refractivity contribution in [2.75, 3.05) is 0 Å². The molecule has 0 aromatic carbocycles. The number of hydrogen-bond acceptors (Lipinski definition) is 4. The minimum atomic E-state index is 0.204. The average Bonchev–Trinajstić information content (AvgIpc) is 2.47. The lowest BCUT2D eigenvalue weighted by atomic mass is 10.3. The molecular weight excluding hydrogens is 180 g/mol. The highest BCUT2D eigenvalue weighted by Crippen LogP contribution is 2.21. The molecular formula is C9H10N4O. The van der Waals surface area contributed by atoms with Gasteiger partial charge in [-0.15, -0.1) is 0 Å². The second kappa shape index (κ2) is 3.10. The molecule has 0 atom stereocenters. The SMILES string of the molecule is Cc1nn(-c2cnccn2)c(C)c1O. The number of aryl methyl sites for hydroxylation is 1. The zero-order chi connectivity index (χ0) is 10.1. The predicted octanol–water partition coefficient (Wildman–Crippen LogP) is 0.985. The van der Waals surface area contributed by atoms with Crippen molar-refractivity contribution in [3.05, 3.63) is 30.0 Å². The molecule has 0 radical (unpaired) electrons. The van der Waals surface area contributed by atoms with Crippen LogP contribution in [0.4, 0.5) is 0 Å². The summed E-state index contributed by atoms with van der Waals surface area (Å²) in [5, 5.41) is 13.7. The maximum absolute atomic E-state index is 9.56. The number of rotatable bonds is 1. The van der Waals surface area contributed by atoms with Gasteiger partial charge in [-0.3, -0.25) is 4.98 Å². The number of aromatic nitrogens is 4. The van der Waals surface area contributed by atoms with E-state index in [9.17, 15) is 5.11 Å². The lowest BCUT2D eigenvalue weighted by Gasteiger charge is -2.00. The highest BCUT2D eigenvalue weighted by molar-refractivity contribution is 5.35. The van der Waals surface area contributed by atoms with Crippen molar-refractivity contribution in [3.63, 3.8) is 0 Å². The molecule has 0 unspecified atom stereocenters. The molecule has 0 saturated heterocycles. The Bertz CT molecular complexity index is 449. The lowest BCUT2D eigenvalue weighted by Crippen LogP contribution is -2.01. The molecule has 1 N–H and O–H groups in total. The molecule has 2 aromatic heterocycles. The molecule has 0 bridgehead atoms. The zero-order valence-electron chi connectivity index (χ0n) is 7.97. The average molecular weight is 190 g/mol. The molecule has 2 rings (SSSR count). The number of nitrogens with zero attached hydrogens (tertiary/aromatic N) is 4. The summed E-state index contributed by atoms with van der Waals surface area (Å²) in [6.07, 6.45) is 4.77. The first-order valence-electron chi connectivity index (χ1n) is 4.21. The first-order chi connectivity index (χ1) is 6.70. The Kier molecular flexibility index (Phi) is 1.92. The van der Waals surface area contributed by atoms with Crippen LogP contribution in [-0.4, -0.2) is 24.9 Å². The second-order valence-corrected chi connectivity index (χ2v) is 2.99. The van der Waals surface area contributed by atoms with Crippen molar-refractivity contribution < 1.29 is 5.11 Å². The van der Waals surface area contributed by atoms with E-state index in [1.807, 2.05) is 0 Å². The molecule has 0 aliphatic heterocycles. The molecule has 5 heteroatoms. The van der Waals surface area contributed by atoms with Crippen LogP contribution >= 0.6 is 0 Å². The van der Waals surface area contributed by atoms with Crippen LogP contribution in [0.5, 0.6) is 5.75 Å². The van der Waals surface area contributed by atoms with Gasteiger partial charge in [0.05, 0.1) is 11.9 Å². The second-order valence-electron chi connectivity index (χ2n) is 2.99. The largest absolute Gasteiger partial charge is 0.504 e. The summed E-state index contributed by atoms with van der Waals surface area (Å²) >= 11 is 0. The Morgan fingerprint density at radius 2 is 2.07 bits per heavy atom. The fourth-order valence-electron chi connectivity index (χ4n) is 1.26. The van der Waals surface area contributed by atoms with Gasteiger partial charge in [0.2, 0.25) is 0 Å². The normalized spacial score (nSPS) is 10.4. The molecule has 2 heterocycles. The van der Waals surface area contributed by atoms with E-state index < -0.39 is 0 Å². The van der Waals surface area contributed by atoms with Crippen LogP contribution in [0.3, 0.4) is 0 Å². The summed E-state index contributed by atoms with van der Waals surface area (Å²) in [6, 6.07) is 0. The molecule has 0 amide bonds. The van der Waals surface area contributed by atoms with Crippen LogP contribution in [0, 0.1) is 13.8 Å². The van der Waals surface area contributed by atoms with Crippen molar-refractivity contribution >= 4 is 0 Å². The van der Waals surface area contributed by atoms with E-state index in [0.717, 1.165) is 0 Å². The van der Waals surface area contributed by atoms with Crippen LogP contribution in [0.15, 0.2) is 18.6 Å². The van der Waals surface area contributed by atoms with E-state index in [0.29, 0.717) is 17.2 Å². The molecule has 72 valence electrons. The van der Waals surface area contributed by atoms with Gasteiger partial charge in [-0.25, -0.2) is 9.67 Å². The lowest BCUT2D eigenvalue weighted by molar-refractivity contribution is 0.466. The summed E-state index contributed by atoms with van der Waals surface area (Å²) in [5.74, 6) is 0.809. The van der Waals surface area contributed by atoms with Crippen LogP contribution in [0.2, 0.25) is 0 Å². The van der Waals surface area contributed by atoms with Gasteiger partial charge >= 0.3 is 0 Å². The van der Waals surface area contributed by atoms with E-state index >= 15 is 0 Å². The Balaban J connectivity index is 2.58. The molecule has 0 spiro atoms. The van der Waals surface area contributed by atoms with Gasteiger partial charge < -0.3 is 5.11 Å². The van der Waals surface area contributed by atoms with Crippen LogP contribution < -0.4 is 0 Å². The van der Waals surface area contributed by atoms with E-state index in [1.54, 1.807) is 37.1 Å². The summed E-state index contributed by atoms with van der Waals surface area (Å²) in [7, 11) is 0. The summed E-state index contributed by atoms with van der Waals surface area (Å²) in [5.41, 5.74) is 1.26. The van der Waals surface area contributed by atoms with E-state index in [2.05, 4.69) is 15.1 Å². The number of aromatic hydroxyl groups is 1. The molecule has 0 aliphatic carbocycles. The Labute approximate surface area is 81.1 Å². The summed E-state index contributed by atoms with van der Waals surface area (Å²) < 4.78 is 1.57. The van der Waals surface area contributed by atoms with Gasteiger partial charge in [0.15, 0.2) is 11.6 Å². The smallest absolute Gasteiger partial charge is 0.172 e. The Hall–Kier alpha value is -1.91. The quantitative estimate of drug-likeness (QED) is 0.728. The monoisotopic (exact) mass is 190 g/mol. The predicted molar refractivity (Wildman–Crippen MR) is 50.3 cm³/mol. The fraction of sp³-hybridized carbons (Fsp3) is 0.222. The van der Waals surface area contributed by atoms with Gasteiger partial charge in [-0.1, -0.05) is 0 Å². The zero-order valence-corrected chi connectivity index (χ0v) is 7.97. The van der Waals surface area contributed by atoms with Gasteiger partial charge in [-0.2, -0.15) is 5.10 Å². The summed E-state index contributed by atoms with van der Waals surface area (Å²) in [6.45, 7) is 3.53. The third-order valence-electron chi connectivity index (χ3n) is 2.02. The van der Waals surface area contributed by atoms with Crippen LogP contribution in [0.1, 0.15) is 11.4 Å². The minimum absolute atomic E-state index is 0.204. The third-order valence-corrected chi connectivity index (χ3v) is 2.02. The molecule has 14 heavy (non-hydrogen) atoms. The highest BCUT2D eigenvalue weighted by atomic mass is 16.3. The number of hydrogen-bond donors (Lipinski definition) is 1. The van der Waals surface area contributed by atoms with Crippen LogP contribution in [-0.2, 0) is 0 Å². The maximum Gasteiger partial charge on any atom is 0.172 e. The third kappa shape index (κ3) is 1.22. The van der Waals surface area contributed by atoms with E-state index in [4.69, 9.17) is 0 Å². The van der Waals surface area contributed by atoms with E-state index in [-0.39, 0.29) is 5.75 Å². The molecule has 0 aliphatic rings. The molecule has 2 aromatic rings. The first-order valence-corrected chi connectivity index (χ1v) is 4.21. The van der Waals surface area contributed by atoms with Crippen molar-refractivity contribution in [2.45, 2.75) is 13.8 Å². The van der Waals surface area contributed by atoms with Gasteiger partial charge in [0.25, 0.3) is 0 Å². The molecule has 5 nitrogen and oxygen atoms in total. The van der Waals surface area contributed by atoms with Gasteiger partial charge in [0.1, 0.15) is 5.69 Å². The Morgan fingerprint density at radius 1 is 1.29 bits per heavy atom. The first kappa shape index (κ1) is 8.68. The minimum Gasteiger partial charge on any atom is -0.504 e. The standard InChI is InChI=1S/C9H10N4O/c1-6-9(14)7(2)13(12-6)8-5-10-3-4-11-8/h3-5,14H,1-2H3. The van der Waals surface area contributed by atoms with Crippen LogP contribution in [0.25, 0.3) is 5.82 Å². The van der Waals surface area contributed by atoms with E-state index in [1.165, 1.54) is 0 Å². The van der Waals surface area contributed by atoms with Gasteiger partial charge in [-0.05, 0) is 13.8 Å². The topological polar surface area (TPSA) is 63.8 Å². The maximum atomic E-state index is 9.56. The van der Waals surface area contributed by atoms with Gasteiger partial charge in [0, 0.05) is 12.4 Å². The molecule has 0 saturated carbocycles. The fourth-order valence-corrected chi connectivity index (χ4v) is 1.26. The van der Waals surface area contributed by atoms with Crippen molar-refractivity contribution in [3.8, 4) is 11.6 Å². The van der Waals surface area contributed by atoms with Crippen molar-refractivity contribution in [1.29, 1.82) is 0 Å². The van der Waals surface area contributed by atoms with Crippen molar-refractivity contribution in [2.24, 2.45) is 0 Å². The summed E-state index contributed by atoms with van der Waals surface area (Å²) in [4.78, 5) is 8.03. The Morgan fingerprint density at radius 3 is 2.57 bits per heavy atom. The van der Waals surface area contributed by atoms with Crippen molar-refractivity contribution in [1.82, 2.24) is 19.7 Å². The highest BCUT2D eigenvalue weighted by Gasteiger charge is 2.11.